The number of rotatable bonds is 2. The number of aliphatic hydroxyl groups excluding tert-OH is 1. The van der Waals surface area contributed by atoms with Crippen molar-refractivity contribution in [3.8, 4) is 11.4 Å². The minimum absolute atomic E-state index is 0.0729. The minimum atomic E-state index is -0.311. The van der Waals surface area contributed by atoms with Gasteiger partial charge in [0.2, 0.25) is 0 Å². The Hall–Kier alpha value is -2.44. The molecule has 0 aliphatic carbocycles. The Bertz CT molecular complexity index is 977. The number of hydrogen-bond acceptors (Lipinski definition) is 4. The average molecular weight is 371 g/mol. The number of carbonyl (C=O) groups is 1. The van der Waals surface area contributed by atoms with Crippen molar-refractivity contribution in [2.45, 2.75) is 18.9 Å². The molecular formula is C19H19ClN4O2. The summed E-state index contributed by atoms with van der Waals surface area (Å²) in [5.41, 5.74) is 2.70. The van der Waals surface area contributed by atoms with E-state index in [2.05, 4.69) is 9.97 Å². The van der Waals surface area contributed by atoms with E-state index in [0.29, 0.717) is 53.5 Å². The number of nitrogens with zero attached hydrogens (tertiary/aromatic N) is 4. The lowest BCUT2D eigenvalue weighted by atomic mass is 10.1. The first-order valence-corrected chi connectivity index (χ1v) is 8.97. The summed E-state index contributed by atoms with van der Waals surface area (Å²) >= 11 is 6.30. The molecule has 1 aliphatic rings. The van der Waals surface area contributed by atoms with Crippen molar-refractivity contribution in [1.29, 1.82) is 0 Å². The van der Waals surface area contributed by atoms with Crippen molar-refractivity contribution in [3.63, 3.8) is 0 Å². The number of hydrogen-bond donors (Lipinski definition) is 1. The van der Waals surface area contributed by atoms with Crippen molar-refractivity contribution < 1.29 is 9.90 Å². The lowest BCUT2D eigenvalue weighted by Crippen LogP contribution is -2.40. The van der Waals surface area contributed by atoms with Crippen LogP contribution in [0.2, 0.25) is 5.02 Å². The van der Waals surface area contributed by atoms with Crippen LogP contribution in [0.25, 0.3) is 22.6 Å². The van der Waals surface area contributed by atoms with Gasteiger partial charge in [0, 0.05) is 31.9 Å². The van der Waals surface area contributed by atoms with E-state index in [1.807, 2.05) is 35.9 Å². The number of likely N-dealkylation sites (tertiary alicyclic amines) is 1. The first kappa shape index (κ1) is 17.0. The molecule has 3 aromatic rings. The molecule has 26 heavy (non-hydrogen) atoms. The van der Waals surface area contributed by atoms with Crippen molar-refractivity contribution in [1.82, 2.24) is 19.4 Å². The monoisotopic (exact) mass is 370 g/mol. The molecule has 7 heteroatoms. The van der Waals surface area contributed by atoms with Crippen LogP contribution in [0.15, 0.2) is 36.5 Å². The number of halogens is 1. The first-order valence-electron chi connectivity index (χ1n) is 8.59. The lowest BCUT2D eigenvalue weighted by Gasteiger charge is -2.29. The molecule has 0 spiro atoms. The second-order valence-electron chi connectivity index (χ2n) is 6.56. The van der Waals surface area contributed by atoms with E-state index in [1.165, 1.54) is 0 Å². The zero-order valence-electron chi connectivity index (χ0n) is 14.4. The molecule has 134 valence electrons. The quantitative estimate of drug-likeness (QED) is 0.753. The SMILES string of the molecule is Cn1c(-c2ccccc2Cl)nc2cc(C(=O)N3CCC(O)CC3)cnc21. The summed E-state index contributed by atoms with van der Waals surface area (Å²) in [6, 6.07) is 9.29. The van der Waals surface area contributed by atoms with Gasteiger partial charge in [0.05, 0.1) is 16.7 Å². The molecule has 1 amide bonds. The minimum Gasteiger partial charge on any atom is -0.393 e. The highest BCUT2D eigenvalue weighted by Crippen LogP contribution is 2.29. The maximum atomic E-state index is 12.7. The second kappa shape index (κ2) is 6.70. The summed E-state index contributed by atoms with van der Waals surface area (Å²) < 4.78 is 1.88. The van der Waals surface area contributed by atoms with Gasteiger partial charge in [-0.15, -0.1) is 0 Å². The summed E-state index contributed by atoms with van der Waals surface area (Å²) in [6.45, 7) is 1.12. The normalized spacial score (nSPS) is 15.6. The van der Waals surface area contributed by atoms with Crippen LogP contribution < -0.4 is 0 Å². The predicted molar refractivity (Wildman–Crippen MR) is 100 cm³/mol. The molecule has 0 atom stereocenters. The van der Waals surface area contributed by atoms with Crippen molar-refractivity contribution in [2.24, 2.45) is 7.05 Å². The number of aryl methyl sites for hydroxylation is 1. The molecule has 4 rings (SSSR count). The van der Waals surface area contributed by atoms with Crippen molar-refractivity contribution in [2.75, 3.05) is 13.1 Å². The maximum absolute atomic E-state index is 12.7. The van der Waals surface area contributed by atoms with Gasteiger partial charge in [-0.05, 0) is 31.0 Å². The van der Waals surface area contributed by atoms with Gasteiger partial charge in [0.15, 0.2) is 5.65 Å². The number of aliphatic hydroxyl groups is 1. The molecule has 0 unspecified atom stereocenters. The molecule has 2 aromatic heterocycles. The smallest absolute Gasteiger partial charge is 0.255 e. The summed E-state index contributed by atoms with van der Waals surface area (Å²) in [7, 11) is 1.88. The summed E-state index contributed by atoms with van der Waals surface area (Å²) in [4.78, 5) is 23.6. The summed E-state index contributed by atoms with van der Waals surface area (Å²) in [5.74, 6) is 0.639. The van der Waals surface area contributed by atoms with Gasteiger partial charge in [-0.3, -0.25) is 4.79 Å². The van der Waals surface area contributed by atoms with Crippen LogP contribution in [0.3, 0.4) is 0 Å². The Morgan fingerprint density at radius 3 is 2.73 bits per heavy atom. The first-order chi connectivity index (χ1) is 12.5. The zero-order chi connectivity index (χ0) is 18.3. The molecule has 1 fully saturated rings. The number of carbonyl (C=O) groups excluding carboxylic acids is 1. The van der Waals surface area contributed by atoms with Crippen molar-refractivity contribution >= 4 is 28.7 Å². The van der Waals surface area contributed by atoms with Gasteiger partial charge < -0.3 is 14.6 Å². The second-order valence-corrected chi connectivity index (χ2v) is 6.97. The number of benzene rings is 1. The van der Waals surface area contributed by atoms with Gasteiger partial charge in [0.1, 0.15) is 11.3 Å². The van der Waals surface area contributed by atoms with Crippen LogP contribution in [0.5, 0.6) is 0 Å². The Labute approximate surface area is 156 Å². The lowest BCUT2D eigenvalue weighted by molar-refractivity contribution is 0.0546. The summed E-state index contributed by atoms with van der Waals surface area (Å²) in [6.07, 6.45) is 2.51. The molecule has 0 saturated carbocycles. The Kier molecular flexibility index (Phi) is 4.38. The standard InChI is InChI=1S/C19H19ClN4O2/c1-23-17(14-4-2-3-5-15(14)20)22-16-10-12(11-21-18(16)23)19(26)24-8-6-13(25)7-9-24/h2-5,10-11,13,25H,6-9H2,1H3. The third-order valence-corrected chi connectivity index (χ3v) is 5.15. The third-order valence-electron chi connectivity index (χ3n) is 4.82. The molecule has 6 nitrogen and oxygen atoms in total. The van der Waals surface area contributed by atoms with E-state index in [9.17, 15) is 9.90 Å². The fourth-order valence-corrected chi connectivity index (χ4v) is 3.55. The number of aromatic nitrogens is 3. The molecule has 1 N–H and O–H groups in total. The Balaban J connectivity index is 1.70. The molecule has 3 heterocycles. The van der Waals surface area contributed by atoms with Crippen molar-refractivity contribution in [3.05, 3.63) is 47.1 Å². The molecule has 0 radical (unpaired) electrons. The van der Waals surface area contributed by atoms with E-state index in [1.54, 1.807) is 17.2 Å². The largest absolute Gasteiger partial charge is 0.393 e. The number of fused-ring (bicyclic) bond motifs is 1. The zero-order valence-corrected chi connectivity index (χ0v) is 15.1. The molecule has 0 bridgehead atoms. The van der Waals surface area contributed by atoms with Crippen LogP contribution in [0, 0.1) is 0 Å². The number of piperidine rings is 1. The van der Waals surface area contributed by atoms with E-state index < -0.39 is 0 Å². The number of imidazole rings is 1. The molecule has 1 saturated heterocycles. The fourth-order valence-electron chi connectivity index (χ4n) is 3.33. The number of amides is 1. The van der Waals surface area contributed by atoms with Crippen LogP contribution >= 0.6 is 11.6 Å². The highest BCUT2D eigenvalue weighted by Gasteiger charge is 2.23. The maximum Gasteiger partial charge on any atom is 0.255 e. The fraction of sp³-hybridized carbons (Fsp3) is 0.316. The van der Waals surface area contributed by atoms with Gasteiger partial charge in [-0.2, -0.15) is 0 Å². The summed E-state index contributed by atoms with van der Waals surface area (Å²) in [5, 5.41) is 10.2. The van der Waals surface area contributed by atoms with Crippen LogP contribution in [0.4, 0.5) is 0 Å². The number of pyridine rings is 1. The molecule has 1 aromatic carbocycles. The topological polar surface area (TPSA) is 71.2 Å². The highest BCUT2D eigenvalue weighted by molar-refractivity contribution is 6.33. The Morgan fingerprint density at radius 1 is 1.27 bits per heavy atom. The van der Waals surface area contributed by atoms with Crippen LogP contribution in [-0.4, -0.2) is 49.6 Å². The van der Waals surface area contributed by atoms with E-state index in [-0.39, 0.29) is 12.0 Å². The van der Waals surface area contributed by atoms with E-state index in [4.69, 9.17) is 11.6 Å². The van der Waals surface area contributed by atoms with Gasteiger partial charge >= 0.3 is 0 Å². The third kappa shape index (κ3) is 2.95. The van der Waals surface area contributed by atoms with Gasteiger partial charge in [0.25, 0.3) is 5.91 Å². The molecular weight excluding hydrogens is 352 g/mol. The van der Waals surface area contributed by atoms with E-state index in [0.717, 1.165) is 5.56 Å². The van der Waals surface area contributed by atoms with Crippen LogP contribution in [-0.2, 0) is 7.05 Å². The van der Waals surface area contributed by atoms with E-state index >= 15 is 0 Å². The van der Waals surface area contributed by atoms with Crippen LogP contribution in [0.1, 0.15) is 23.2 Å². The Morgan fingerprint density at radius 2 is 2.00 bits per heavy atom. The van der Waals surface area contributed by atoms with Gasteiger partial charge in [-0.1, -0.05) is 23.7 Å². The molecule has 1 aliphatic heterocycles. The van der Waals surface area contributed by atoms with Gasteiger partial charge in [-0.25, -0.2) is 9.97 Å². The average Bonchev–Trinajstić information content (AvgIpc) is 2.98. The predicted octanol–water partition coefficient (Wildman–Crippen LogP) is 2.89. The highest BCUT2D eigenvalue weighted by atomic mass is 35.5.